The van der Waals surface area contributed by atoms with Crippen LogP contribution in [0.2, 0.25) is 0 Å². The van der Waals surface area contributed by atoms with Gasteiger partial charge >= 0.3 is 0 Å². The van der Waals surface area contributed by atoms with Gasteiger partial charge in [-0.1, -0.05) is 6.92 Å². The van der Waals surface area contributed by atoms with Crippen LogP contribution >= 0.6 is 0 Å². The Labute approximate surface area is 95.0 Å². The van der Waals surface area contributed by atoms with Gasteiger partial charge in [0.25, 0.3) is 0 Å². The van der Waals surface area contributed by atoms with Crippen molar-refractivity contribution in [1.29, 1.82) is 0 Å². The lowest BCUT2D eigenvalue weighted by molar-refractivity contribution is 0.0992. The molecule has 1 aromatic carbocycles. The molecule has 2 N–H and O–H groups in total. The normalized spacial score (nSPS) is 13.6. The van der Waals surface area contributed by atoms with Crippen molar-refractivity contribution in [1.82, 2.24) is 5.32 Å². The van der Waals surface area contributed by atoms with Gasteiger partial charge in [0, 0.05) is 12.1 Å². The average molecular weight is 220 g/mol. The van der Waals surface area contributed by atoms with Crippen LogP contribution in [0, 0.1) is 0 Å². The summed E-state index contributed by atoms with van der Waals surface area (Å²) in [6.45, 7) is 4.64. The Morgan fingerprint density at radius 3 is 3.25 bits per heavy atom. The summed E-state index contributed by atoms with van der Waals surface area (Å²) in [5, 5.41) is 6.24. The lowest BCUT2D eigenvalue weighted by Crippen LogP contribution is -2.23. The van der Waals surface area contributed by atoms with Crippen molar-refractivity contribution >= 4 is 11.5 Å². The van der Waals surface area contributed by atoms with Crippen LogP contribution in [-0.4, -0.2) is 32.0 Å². The number of fused-ring (bicyclic) bond motifs is 1. The van der Waals surface area contributed by atoms with Gasteiger partial charge in [-0.05, 0) is 24.7 Å². The lowest BCUT2D eigenvalue weighted by Gasteiger charge is -2.19. The Hall–Kier alpha value is -1.55. The predicted molar refractivity (Wildman–Crippen MR) is 63.3 cm³/mol. The van der Waals surface area contributed by atoms with Gasteiger partial charge in [0.05, 0.1) is 12.2 Å². The minimum atomic E-state index is 0.108. The van der Waals surface area contributed by atoms with Crippen molar-refractivity contribution in [3.63, 3.8) is 0 Å². The Kier molecular flexibility index (Phi) is 3.41. The van der Waals surface area contributed by atoms with Gasteiger partial charge in [-0.3, -0.25) is 4.79 Å². The topological polar surface area (TPSA) is 50.4 Å². The number of ether oxygens (including phenoxy) is 1. The quantitative estimate of drug-likeness (QED) is 0.751. The van der Waals surface area contributed by atoms with Gasteiger partial charge in [0.15, 0.2) is 5.78 Å². The monoisotopic (exact) mass is 220 g/mol. The van der Waals surface area contributed by atoms with Crippen LogP contribution in [0.25, 0.3) is 0 Å². The molecule has 0 aliphatic carbocycles. The van der Waals surface area contributed by atoms with Gasteiger partial charge in [-0.2, -0.15) is 0 Å². The first-order chi connectivity index (χ1) is 7.81. The SMILES string of the molecule is CCNCC(=O)c1ccc2c(c1)NCCO2. The number of nitrogens with one attached hydrogen (secondary N) is 2. The number of ketones is 1. The van der Waals surface area contributed by atoms with E-state index in [-0.39, 0.29) is 5.78 Å². The zero-order chi connectivity index (χ0) is 11.4. The smallest absolute Gasteiger partial charge is 0.176 e. The lowest BCUT2D eigenvalue weighted by atomic mass is 10.1. The number of benzene rings is 1. The Morgan fingerprint density at radius 1 is 1.56 bits per heavy atom. The Bertz CT molecular complexity index is 391. The second kappa shape index (κ2) is 4.99. The summed E-state index contributed by atoms with van der Waals surface area (Å²) in [5.74, 6) is 0.934. The molecule has 1 heterocycles. The molecule has 4 heteroatoms. The second-order valence-electron chi connectivity index (χ2n) is 3.69. The number of carbonyl (C=O) groups excluding carboxylic acids is 1. The van der Waals surface area contributed by atoms with Crippen LogP contribution in [0.5, 0.6) is 5.75 Å². The van der Waals surface area contributed by atoms with E-state index in [4.69, 9.17) is 4.74 Å². The van der Waals surface area contributed by atoms with Crippen molar-refractivity contribution in [2.45, 2.75) is 6.92 Å². The van der Waals surface area contributed by atoms with Crippen LogP contribution < -0.4 is 15.4 Å². The number of rotatable bonds is 4. The maximum Gasteiger partial charge on any atom is 0.176 e. The van der Waals surface area contributed by atoms with Crippen LogP contribution in [0.3, 0.4) is 0 Å². The molecule has 0 saturated heterocycles. The van der Waals surface area contributed by atoms with E-state index in [0.717, 1.165) is 30.1 Å². The number of anilines is 1. The van der Waals surface area contributed by atoms with Crippen molar-refractivity contribution in [3.05, 3.63) is 23.8 Å². The molecule has 0 spiro atoms. The van der Waals surface area contributed by atoms with Crippen molar-refractivity contribution in [2.75, 3.05) is 31.6 Å². The highest BCUT2D eigenvalue weighted by Crippen LogP contribution is 2.27. The first-order valence-corrected chi connectivity index (χ1v) is 5.56. The van der Waals surface area contributed by atoms with Gasteiger partial charge in [-0.25, -0.2) is 0 Å². The summed E-state index contributed by atoms with van der Waals surface area (Å²) >= 11 is 0. The van der Waals surface area contributed by atoms with E-state index in [2.05, 4.69) is 10.6 Å². The Balaban J connectivity index is 2.13. The molecule has 0 unspecified atom stereocenters. The van der Waals surface area contributed by atoms with E-state index in [1.807, 2.05) is 25.1 Å². The van der Waals surface area contributed by atoms with E-state index in [0.29, 0.717) is 13.2 Å². The van der Waals surface area contributed by atoms with Gasteiger partial charge < -0.3 is 15.4 Å². The molecule has 4 nitrogen and oxygen atoms in total. The maximum atomic E-state index is 11.8. The molecule has 0 saturated carbocycles. The molecule has 1 aliphatic rings. The molecule has 0 radical (unpaired) electrons. The molecule has 0 atom stereocenters. The minimum absolute atomic E-state index is 0.108. The molecule has 0 amide bonds. The van der Waals surface area contributed by atoms with E-state index in [1.54, 1.807) is 0 Å². The first-order valence-electron chi connectivity index (χ1n) is 5.56. The first kappa shape index (κ1) is 11.0. The van der Waals surface area contributed by atoms with E-state index in [1.165, 1.54) is 0 Å². The number of carbonyl (C=O) groups is 1. The largest absolute Gasteiger partial charge is 0.490 e. The molecule has 86 valence electrons. The molecule has 0 aromatic heterocycles. The van der Waals surface area contributed by atoms with Crippen molar-refractivity contribution in [3.8, 4) is 5.75 Å². The Morgan fingerprint density at radius 2 is 2.44 bits per heavy atom. The molecule has 1 aromatic rings. The van der Waals surface area contributed by atoms with Crippen molar-refractivity contribution in [2.24, 2.45) is 0 Å². The van der Waals surface area contributed by atoms with Crippen LogP contribution in [0.15, 0.2) is 18.2 Å². The fourth-order valence-corrected chi connectivity index (χ4v) is 1.65. The summed E-state index contributed by atoms with van der Waals surface area (Å²) in [6, 6.07) is 5.51. The fraction of sp³-hybridized carbons (Fsp3) is 0.417. The van der Waals surface area contributed by atoms with Gasteiger partial charge in [-0.15, -0.1) is 0 Å². The zero-order valence-corrected chi connectivity index (χ0v) is 9.38. The molecule has 16 heavy (non-hydrogen) atoms. The van der Waals surface area contributed by atoms with Gasteiger partial charge in [0.2, 0.25) is 0 Å². The fourth-order valence-electron chi connectivity index (χ4n) is 1.65. The molecule has 0 bridgehead atoms. The van der Waals surface area contributed by atoms with Crippen LogP contribution in [0.1, 0.15) is 17.3 Å². The molecule has 0 fully saturated rings. The molecular formula is C12H16N2O2. The summed E-state index contributed by atoms with van der Waals surface area (Å²) in [6.07, 6.45) is 0. The molecule has 1 aliphatic heterocycles. The minimum Gasteiger partial charge on any atom is -0.490 e. The predicted octanol–water partition coefficient (Wildman–Crippen LogP) is 1.28. The number of hydrogen-bond donors (Lipinski definition) is 2. The van der Waals surface area contributed by atoms with E-state index >= 15 is 0 Å². The highest BCUT2D eigenvalue weighted by Gasteiger charge is 2.12. The summed E-state index contributed by atoms with van der Waals surface area (Å²) in [4.78, 5) is 11.8. The highest BCUT2D eigenvalue weighted by molar-refractivity contribution is 5.98. The summed E-state index contributed by atoms with van der Waals surface area (Å²) < 4.78 is 5.45. The highest BCUT2D eigenvalue weighted by atomic mass is 16.5. The second-order valence-corrected chi connectivity index (χ2v) is 3.69. The van der Waals surface area contributed by atoms with Gasteiger partial charge in [0.1, 0.15) is 12.4 Å². The molecular weight excluding hydrogens is 204 g/mol. The van der Waals surface area contributed by atoms with Crippen LogP contribution in [-0.2, 0) is 0 Å². The number of hydrogen-bond acceptors (Lipinski definition) is 4. The standard InChI is InChI=1S/C12H16N2O2/c1-2-13-8-11(15)9-3-4-12-10(7-9)14-5-6-16-12/h3-4,7,13-14H,2,5-6,8H2,1H3. The third-order valence-corrected chi connectivity index (χ3v) is 2.51. The van der Waals surface area contributed by atoms with E-state index < -0.39 is 0 Å². The third-order valence-electron chi connectivity index (χ3n) is 2.51. The van der Waals surface area contributed by atoms with Crippen LogP contribution in [0.4, 0.5) is 5.69 Å². The zero-order valence-electron chi connectivity index (χ0n) is 9.38. The average Bonchev–Trinajstić information content (AvgIpc) is 2.35. The third kappa shape index (κ3) is 2.33. The number of Topliss-reactive ketones (excluding diaryl/α,β-unsaturated/α-hetero) is 1. The van der Waals surface area contributed by atoms with Crippen molar-refractivity contribution < 1.29 is 9.53 Å². The number of likely N-dealkylation sites (N-methyl/N-ethyl adjacent to an activating group) is 1. The molecule has 2 rings (SSSR count). The summed E-state index contributed by atoms with van der Waals surface area (Å²) in [7, 11) is 0. The summed E-state index contributed by atoms with van der Waals surface area (Å²) in [5.41, 5.74) is 1.63. The maximum absolute atomic E-state index is 11.8. The van der Waals surface area contributed by atoms with E-state index in [9.17, 15) is 4.79 Å².